The molecular formula is C11H9ClN4O. The molecule has 86 valence electrons. The van der Waals surface area contributed by atoms with Crippen LogP contribution in [0.2, 0.25) is 5.02 Å². The van der Waals surface area contributed by atoms with Gasteiger partial charge in [-0.15, -0.1) is 0 Å². The van der Waals surface area contributed by atoms with Crippen LogP contribution in [0.3, 0.4) is 0 Å². The minimum absolute atomic E-state index is 0.455. The Hall–Kier alpha value is -1.85. The Morgan fingerprint density at radius 1 is 1.35 bits per heavy atom. The van der Waals surface area contributed by atoms with E-state index in [2.05, 4.69) is 15.2 Å². The number of H-pyrrole nitrogens is 1. The van der Waals surface area contributed by atoms with Gasteiger partial charge >= 0.3 is 0 Å². The maximum absolute atomic E-state index is 6.00. The summed E-state index contributed by atoms with van der Waals surface area (Å²) >= 11 is 5.91. The number of nitrogens with one attached hydrogen (secondary N) is 1. The first-order valence-electron chi connectivity index (χ1n) is 5.04. The van der Waals surface area contributed by atoms with Crippen LogP contribution in [0.1, 0.15) is 17.6 Å². The van der Waals surface area contributed by atoms with Crippen LogP contribution in [0.5, 0.6) is 0 Å². The van der Waals surface area contributed by atoms with Crippen molar-refractivity contribution < 1.29 is 4.42 Å². The first-order valence-corrected chi connectivity index (χ1v) is 5.41. The average molecular weight is 249 g/mol. The van der Waals surface area contributed by atoms with E-state index >= 15 is 0 Å². The van der Waals surface area contributed by atoms with Gasteiger partial charge in [-0.1, -0.05) is 11.6 Å². The fourth-order valence-electron chi connectivity index (χ4n) is 1.69. The van der Waals surface area contributed by atoms with Gasteiger partial charge in [-0.25, -0.2) is 4.98 Å². The zero-order chi connectivity index (χ0) is 11.8. The monoisotopic (exact) mass is 248 g/mol. The standard InChI is InChI=1S/C11H9ClN4O/c12-7-1-2-8-6(3-7)4-9(17-8)10(13)11-14-5-15-16-11/h1-5,10H,13H2,(H,14,15,16). The highest BCUT2D eigenvalue weighted by molar-refractivity contribution is 6.31. The van der Waals surface area contributed by atoms with Crippen molar-refractivity contribution in [2.75, 3.05) is 0 Å². The first kappa shape index (κ1) is 10.3. The second-order valence-electron chi connectivity index (χ2n) is 3.68. The molecule has 0 aliphatic heterocycles. The Morgan fingerprint density at radius 3 is 3.00 bits per heavy atom. The fraction of sp³-hybridized carbons (Fsp3) is 0.0909. The second-order valence-corrected chi connectivity index (χ2v) is 4.12. The van der Waals surface area contributed by atoms with E-state index in [1.54, 1.807) is 6.07 Å². The van der Waals surface area contributed by atoms with Gasteiger partial charge < -0.3 is 10.2 Å². The van der Waals surface area contributed by atoms with Crippen LogP contribution in [0.25, 0.3) is 11.0 Å². The molecule has 3 rings (SSSR count). The van der Waals surface area contributed by atoms with Crippen LogP contribution in [0.15, 0.2) is 35.0 Å². The molecule has 0 spiro atoms. The van der Waals surface area contributed by atoms with Crippen LogP contribution in [-0.4, -0.2) is 15.2 Å². The topological polar surface area (TPSA) is 80.7 Å². The molecule has 0 aliphatic carbocycles. The molecule has 0 amide bonds. The van der Waals surface area contributed by atoms with Crippen molar-refractivity contribution in [3.63, 3.8) is 0 Å². The number of aromatic amines is 1. The van der Waals surface area contributed by atoms with Crippen LogP contribution < -0.4 is 5.73 Å². The lowest BCUT2D eigenvalue weighted by Crippen LogP contribution is -2.12. The normalized spacial score (nSPS) is 13.1. The van der Waals surface area contributed by atoms with E-state index in [4.69, 9.17) is 21.8 Å². The fourth-order valence-corrected chi connectivity index (χ4v) is 1.87. The lowest BCUT2D eigenvalue weighted by molar-refractivity contribution is 0.516. The first-order chi connectivity index (χ1) is 8.24. The SMILES string of the molecule is NC(c1ncn[nH]1)c1cc2cc(Cl)ccc2o1. The van der Waals surface area contributed by atoms with Gasteiger partial charge in [0.25, 0.3) is 0 Å². The molecule has 6 heteroatoms. The largest absolute Gasteiger partial charge is 0.459 e. The maximum Gasteiger partial charge on any atom is 0.149 e. The van der Waals surface area contributed by atoms with Gasteiger partial charge in [-0.2, -0.15) is 5.10 Å². The zero-order valence-corrected chi connectivity index (χ0v) is 9.48. The van der Waals surface area contributed by atoms with Crippen LogP contribution in [0, 0.1) is 0 Å². The number of hydrogen-bond acceptors (Lipinski definition) is 4. The van der Waals surface area contributed by atoms with E-state index in [-0.39, 0.29) is 0 Å². The van der Waals surface area contributed by atoms with E-state index in [1.165, 1.54) is 6.33 Å². The summed E-state index contributed by atoms with van der Waals surface area (Å²) < 4.78 is 5.64. The molecule has 2 heterocycles. The van der Waals surface area contributed by atoms with Crippen molar-refractivity contribution in [2.45, 2.75) is 6.04 Å². The van der Waals surface area contributed by atoms with Gasteiger partial charge in [-0.05, 0) is 24.3 Å². The van der Waals surface area contributed by atoms with Gasteiger partial charge in [0.05, 0.1) is 0 Å². The minimum Gasteiger partial charge on any atom is -0.459 e. The highest BCUT2D eigenvalue weighted by atomic mass is 35.5. The average Bonchev–Trinajstić information content (AvgIpc) is 2.96. The van der Waals surface area contributed by atoms with Crippen molar-refractivity contribution in [3.8, 4) is 0 Å². The van der Waals surface area contributed by atoms with E-state index in [1.807, 2.05) is 18.2 Å². The molecule has 0 saturated heterocycles. The third-order valence-corrected chi connectivity index (χ3v) is 2.77. The summed E-state index contributed by atoms with van der Waals surface area (Å²) in [6.45, 7) is 0. The van der Waals surface area contributed by atoms with Crippen molar-refractivity contribution in [2.24, 2.45) is 5.73 Å². The van der Waals surface area contributed by atoms with Gasteiger partial charge in [-0.3, -0.25) is 5.10 Å². The Balaban J connectivity index is 2.06. The predicted molar refractivity (Wildman–Crippen MR) is 63.6 cm³/mol. The van der Waals surface area contributed by atoms with Crippen LogP contribution in [0.4, 0.5) is 0 Å². The van der Waals surface area contributed by atoms with E-state index < -0.39 is 6.04 Å². The van der Waals surface area contributed by atoms with Crippen molar-refractivity contribution >= 4 is 22.6 Å². The van der Waals surface area contributed by atoms with Crippen molar-refractivity contribution in [1.82, 2.24) is 15.2 Å². The minimum atomic E-state index is -0.455. The highest BCUT2D eigenvalue weighted by Crippen LogP contribution is 2.27. The molecule has 0 saturated carbocycles. The number of benzene rings is 1. The molecule has 5 nitrogen and oxygen atoms in total. The molecule has 1 aromatic carbocycles. The number of hydrogen-bond donors (Lipinski definition) is 2. The summed E-state index contributed by atoms with van der Waals surface area (Å²) in [5.41, 5.74) is 6.75. The van der Waals surface area contributed by atoms with Crippen LogP contribution >= 0.6 is 11.6 Å². The number of furan rings is 1. The molecule has 1 atom stereocenters. The van der Waals surface area contributed by atoms with Crippen molar-refractivity contribution in [1.29, 1.82) is 0 Å². The summed E-state index contributed by atoms with van der Waals surface area (Å²) in [7, 11) is 0. The third-order valence-electron chi connectivity index (χ3n) is 2.53. The van der Waals surface area contributed by atoms with Gasteiger partial charge in [0.1, 0.15) is 29.5 Å². The molecule has 0 radical (unpaired) electrons. The molecule has 2 aromatic heterocycles. The molecule has 17 heavy (non-hydrogen) atoms. The smallest absolute Gasteiger partial charge is 0.149 e. The summed E-state index contributed by atoms with van der Waals surface area (Å²) in [5, 5.41) is 8.06. The van der Waals surface area contributed by atoms with Gasteiger partial charge in [0, 0.05) is 10.4 Å². The lowest BCUT2D eigenvalue weighted by Gasteiger charge is -2.02. The number of rotatable bonds is 2. The summed E-state index contributed by atoms with van der Waals surface area (Å²) in [5.74, 6) is 1.19. The predicted octanol–water partition coefficient (Wildman–Crippen LogP) is 2.25. The Bertz CT molecular complexity index is 647. The maximum atomic E-state index is 6.00. The van der Waals surface area contributed by atoms with E-state index in [0.717, 1.165) is 11.0 Å². The molecule has 1 unspecified atom stereocenters. The molecular weight excluding hydrogens is 240 g/mol. The number of halogens is 1. The Kier molecular flexibility index (Phi) is 2.35. The molecule has 0 fully saturated rings. The summed E-state index contributed by atoms with van der Waals surface area (Å²) in [4.78, 5) is 4.00. The number of nitrogens with zero attached hydrogens (tertiary/aromatic N) is 2. The molecule has 3 aromatic rings. The quantitative estimate of drug-likeness (QED) is 0.729. The highest BCUT2D eigenvalue weighted by Gasteiger charge is 2.16. The molecule has 0 bridgehead atoms. The lowest BCUT2D eigenvalue weighted by atomic mass is 10.2. The van der Waals surface area contributed by atoms with Crippen molar-refractivity contribution in [3.05, 3.63) is 47.2 Å². The third kappa shape index (κ3) is 1.79. The number of nitrogens with two attached hydrogens (primary N) is 1. The van der Waals surface area contributed by atoms with Crippen LogP contribution in [-0.2, 0) is 0 Å². The van der Waals surface area contributed by atoms with Gasteiger partial charge in [0.15, 0.2) is 0 Å². The van der Waals surface area contributed by atoms with E-state index in [0.29, 0.717) is 16.6 Å². The van der Waals surface area contributed by atoms with Gasteiger partial charge in [0.2, 0.25) is 0 Å². The number of fused-ring (bicyclic) bond motifs is 1. The Morgan fingerprint density at radius 2 is 2.24 bits per heavy atom. The second kappa shape index (κ2) is 3.87. The summed E-state index contributed by atoms with van der Waals surface area (Å²) in [6.07, 6.45) is 1.41. The molecule has 3 N–H and O–H groups in total. The zero-order valence-electron chi connectivity index (χ0n) is 8.72. The summed E-state index contributed by atoms with van der Waals surface area (Å²) in [6, 6.07) is 6.82. The van der Waals surface area contributed by atoms with E-state index in [9.17, 15) is 0 Å². The number of aromatic nitrogens is 3. The Labute approximate surface area is 102 Å². The molecule has 0 aliphatic rings.